The lowest BCUT2D eigenvalue weighted by atomic mass is 10.2. The quantitative estimate of drug-likeness (QED) is 0.649. The molecule has 0 atom stereocenters. The van der Waals surface area contributed by atoms with Gasteiger partial charge < -0.3 is 4.74 Å². The number of benzene rings is 2. The van der Waals surface area contributed by atoms with Crippen LogP contribution in [0.15, 0.2) is 40.9 Å². The molecule has 0 aliphatic carbocycles. The highest BCUT2D eigenvalue weighted by Gasteiger charge is 2.09. The molecule has 0 bridgehead atoms. The summed E-state index contributed by atoms with van der Waals surface area (Å²) < 4.78 is 33.0. The molecule has 5 heteroatoms. The monoisotopic (exact) mass is 376 g/mol. The van der Waals surface area contributed by atoms with Crippen molar-refractivity contribution in [1.29, 1.82) is 0 Å². The van der Waals surface area contributed by atoms with Crippen LogP contribution in [-0.2, 0) is 5.33 Å². The van der Waals surface area contributed by atoms with E-state index < -0.39 is 11.6 Å². The SMILES string of the molecule is Fc1cc(CBr)ccc1Oc1cc(Br)ccc1F. The van der Waals surface area contributed by atoms with Crippen LogP contribution in [-0.4, -0.2) is 0 Å². The van der Waals surface area contributed by atoms with Crippen molar-refractivity contribution >= 4 is 31.9 Å². The summed E-state index contributed by atoms with van der Waals surface area (Å²) in [4.78, 5) is 0. The molecular formula is C13H8Br2F2O. The molecular weight excluding hydrogens is 370 g/mol. The summed E-state index contributed by atoms with van der Waals surface area (Å²) in [5.41, 5.74) is 0.787. The van der Waals surface area contributed by atoms with Crippen molar-refractivity contribution in [3.63, 3.8) is 0 Å². The van der Waals surface area contributed by atoms with Gasteiger partial charge in [0.05, 0.1) is 0 Å². The van der Waals surface area contributed by atoms with E-state index in [4.69, 9.17) is 4.74 Å². The Balaban J connectivity index is 2.31. The van der Waals surface area contributed by atoms with E-state index >= 15 is 0 Å². The van der Waals surface area contributed by atoms with E-state index in [1.165, 1.54) is 24.3 Å². The fourth-order valence-corrected chi connectivity index (χ4v) is 2.07. The Hall–Kier alpha value is -0.940. The first-order valence-corrected chi connectivity index (χ1v) is 6.99. The number of hydrogen-bond donors (Lipinski definition) is 0. The third-order valence-electron chi connectivity index (χ3n) is 2.26. The Morgan fingerprint density at radius 3 is 2.39 bits per heavy atom. The molecule has 0 fully saturated rings. The zero-order chi connectivity index (χ0) is 13.1. The largest absolute Gasteiger partial charge is 0.451 e. The van der Waals surface area contributed by atoms with Crippen LogP contribution in [0.3, 0.4) is 0 Å². The summed E-state index contributed by atoms with van der Waals surface area (Å²) in [5.74, 6) is -1.08. The Bertz CT molecular complexity index is 573. The average molecular weight is 378 g/mol. The molecule has 1 nitrogen and oxygen atoms in total. The second-order valence-electron chi connectivity index (χ2n) is 3.58. The highest BCUT2D eigenvalue weighted by molar-refractivity contribution is 9.10. The number of halogens is 4. The molecule has 0 radical (unpaired) electrons. The first-order valence-electron chi connectivity index (χ1n) is 5.07. The number of rotatable bonds is 3. The highest BCUT2D eigenvalue weighted by atomic mass is 79.9. The van der Waals surface area contributed by atoms with Crippen molar-refractivity contribution in [2.45, 2.75) is 5.33 Å². The highest BCUT2D eigenvalue weighted by Crippen LogP contribution is 2.29. The first kappa shape index (κ1) is 13.5. The molecule has 0 aromatic heterocycles. The van der Waals surface area contributed by atoms with Crippen LogP contribution >= 0.6 is 31.9 Å². The Kier molecular flexibility index (Phi) is 4.35. The van der Waals surface area contributed by atoms with Crippen LogP contribution < -0.4 is 4.74 Å². The van der Waals surface area contributed by atoms with E-state index in [9.17, 15) is 8.78 Å². The number of hydrogen-bond acceptors (Lipinski definition) is 1. The van der Waals surface area contributed by atoms with Crippen LogP contribution in [0.2, 0.25) is 0 Å². The summed E-state index contributed by atoms with van der Waals surface area (Å²) in [6.45, 7) is 0. The molecule has 18 heavy (non-hydrogen) atoms. The van der Waals surface area contributed by atoms with E-state index in [0.717, 1.165) is 5.56 Å². The van der Waals surface area contributed by atoms with Crippen molar-refractivity contribution in [3.05, 3.63) is 58.1 Å². The summed E-state index contributed by atoms with van der Waals surface area (Å²) in [6.07, 6.45) is 0. The average Bonchev–Trinajstić information content (AvgIpc) is 2.36. The molecule has 0 unspecified atom stereocenters. The molecule has 2 aromatic rings. The van der Waals surface area contributed by atoms with Gasteiger partial charge in [0, 0.05) is 9.80 Å². The van der Waals surface area contributed by atoms with Gasteiger partial charge in [0.1, 0.15) is 0 Å². The van der Waals surface area contributed by atoms with Crippen LogP contribution in [0.1, 0.15) is 5.56 Å². The second kappa shape index (κ2) is 5.80. The maximum absolute atomic E-state index is 13.7. The molecule has 2 rings (SSSR count). The topological polar surface area (TPSA) is 9.23 Å². The van der Waals surface area contributed by atoms with Gasteiger partial charge in [-0.2, -0.15) is 0 Å². The van der Waals surface area contributed by atoms with Crippen molar-refractivity contribution in [1.82, 2.24) is 0 Å². The van der Waals surface area contributed by atoms with Crippen LogP contribution in [0, 0.1) is 11.6 Å². The lowest BCUT2D eigenvalue weighted by molar-refractivity contribution is 0.414. The maximum atomic E-state index is 13.7. The molecule has 0 N–H and O–H groups in total. The van der Waals surface area contributed by atoms with E-state index in [0.29, 0.717) is 9.80 Å². The fourth-order valence-electron chi connectivity index (χ4n) is 1.38. The molecule has 2 aromatic carbocycles. The van der Waals surface area contributed by atoms with Crippen molar-refractivity contribution in [3.8, 4) is 11.5 Å². The lowest BCUT2D eigenvalue weighted by Gasteiger charge is -2.08. The molecule has 0 heterocycles. The third kappa shape index (κ3) is 3.09. The first-order chi connectivity index (χ1) is 8.60. The predicted molar refractivity (Wildman–Crippen MR) is 73.2 cm³/mol. The van der Waals surface area contributed by atoms with Gasteiger partial charge in [0.15, 0.2) is 23.1 Å². The summed E-state index contributed by atoms with van der Waals surface area (Å²) >= 11 is 6.43. The minimum Gasteiger partial charge on any atom is -0.451 e. The zero-order valence-corrected chi connectivity index (χ0v) is 12.3. The van der Waals surface area contributed by atoms with Crippen LogP contribution in [0.5, 0.6) is 11.5 Å². The Morgan fingerprint density at radius 1 is 0.944 bits per heavy atom. The lowest BCUT2D eigenvalue weighted by Crippen LogP contribution is -1.92. The summed E-state index contributed by atoms with van der Waals surface area (Å²) in [7, 11) is 0. The van der Waals surface area contributed by atoms with Gasteiger partial charge in [-0.1, -0.05) is 37.9 Å². The Morgan fingerprint density at radius 2 is 1.72 bits per heavy atom. The number of ether oxygens (including phenoxy) is 1. The van der Waals surface area contributed by atoms with Gasteiger partial charge >= 0.3 is 0 Å². The van der Waals surface area contributed by atoms with E-state index in [-0.39, 0.29) is 11.5 Å². The summed E-state index contributed by atoms with van der Waals surface area (Å²) in [6, 6.07) is 8.79. The molecule has 94 valence electrons. The van der Waals surface area contributed by atoms with Gasteiger partial charge in [0.25, 0.3) is 0 Å². The standard InChI is InChI=1S/C13H8Br2F2O/c14-7-8-1-4-12(11(17)5-8)18-13-6-9(15)2-3-10(13)16/h1-6H,7H2. The zero-order valence-electron chi connectivity index (χ0n) is 9.09. The minimum absolute atomic E-state index is 0.00306. The fraction of sp³-hybridized carbons (Fsp3) is 0.0769. The number of alkyl halides is 1. The smallest absolute Gasteiger partial charge is 0.166 e. The van der Waals surface area contributed by atoms with Crippen molar-refractivity contribution in [2.75, 3.05) is 0 Å². The summed E-state index contributed by atoms with van der Waals surface area (Å²) in [5, 5.41) is 0.551. The van der Waals surface area contributed by atoms with Gasteiger partial charge in [-0.05, 0) is 35.9 Å². The van der Waals surface area contributed by atoms with E-state index in [1.54, 1.807) is 12.1 Å². The molecule has 0 aliphatic heterocycles. The Labute approximate surface area is 120 Å². The molecule has 0 spiro atoms. The molecule has 0 amide bonds. The van der Waals surface area contributed by atoms with Crippen molar-refractivity contribution in [2.24, 2.45) is 0 Å². The van der Waals surface area contributed by atoms with Crippen molar-refractivity contribution < 1.29 is 13.5 Å². The second-order valence-corrected chi connectivity index (χ2v) is 5.05. The van der Waals surface area contributed by atoms with Gasteiger partial charge in [-0.15, -0.1) is 0 Å². The van der Waals surface area contributed by atoms with E-state index in [2.05, 4.69) is 31.9 Å². The normalized spacial score (nSPS) is 10.4. The molecule has 0 saturated heterocycles. The molecule has 0 saturated carbocycles. The van der Waals surface area contributed by atoms with Gasteiger partial charge in [0.2, 0.25) is 0 Å². The van der Waals surface area contributed by atoms with Gasteiger partial charge in [-0.3, -0.25) is 0 Å². The minimum atomic E-state index is -0.540. The van der Waals surface area contributed by atoms with E-state index in [1.807, 2.05) is 0 Å². The molecule has 0 aliphatic rings. The van der Waals surface area contributed by atoms with Crippen LogP contribution in [0.4, 0.5) is 8.78 Å². The maximum Gasteiger partial charge on any atom is 0.166 e. The third-order valence-corrected chi connectivity index (χ3v) is 3.40. The predicted octanol–water partition coefficient (Wildman–Crippen LogP) is 5.41. The van der Waals surface area contributed by atoms with Gasteiger partial charge in [-0.25, -0.2) is 8.78 Å². The van der Waals surface area contributed by atoms with Crippen LogP contribution in [0.25, 0.3) is 0 Å².